The van der Waals surface area contributed by atoms with Crippen molar-refractivity contribution in [1.82, 2.24) is 4.90 Å². The normalized spacial score (nSPS) is 20.0. The number of nitrogens with one attached hydrogen (secondary N) is 1. The van der Waals surface area contributed by atoms with E-state index in [2.05, 4.69) is 10.2 Å². The molecule has 1 aromatic rings. The molecule has 1 aromatic carbocycles. The second-order valence-corrected chi connectivity index (χ2v) is 5.12. The van der Waals surface area contributed by atoms with Gasteiger partial charge in [0, 0.05) is 17.3 Å². The van der Waals surface area contributed by atoms with Crippen molar-refractivity contribution in [2.75, 3.05) is 31.5 Å². The molecule has 1 fully saturated rings. The third-order valence-corrected chi connectivity index (χ3v) is 3.41. The van der Waals surface area contributed by atoms with Gasteiger partial charge in [-0.1, -0.05) is 17.7 Å². The zero-order valence-electron chi connectivity index (χ0n) is 10.2. The van der Waals surface area contributed by atoms with Crippen LogP contribution in [0.5, 0.6) is 0 Å². The van der Waals surface area contributed by atoms with Crippen LogP contribution in [0.3, 0.4) is 0 Å². The fraction of sp³-hybridized carbons (Fsp3) is 0.462. The first-order chi connectivity index (χ1) is 8.67. The third kappa shape index (κ3) is 3.70. The highest BCUT2D eigenvalue weighted by Crippen LogP contribution is 2.16. The molecule has 1 aliphatic heterocycles. The highest BCUT2D eigenvalue weighted by molar-refractivity contribution is 6.30. The van der Waals surface area contributed by atoms with Crippen molar-refractivity contribution in [2.45, 2.75) is 6.42 Å². The van der Waals surface area contributed by atoms with Gasteiger partial charge in [0.05, 0.1) is 6.54 Å². The Hall–Kier alpha value is -1.10. The number of rotatable bonds is 4. The Labute approximate surface area is 112 Å². The molecule has 0 aliphatic carbocycles. The lowest BCUT2D eigenvalue weighted by atomic mass is 10.1. The van der Waals surface area contributed by atoms with Crippen LogP contribution < -0.4 is 11.1 Å². The van der Waals surface area contributed by atoms with E-state index >= 15 is 0 Å². The predicted octanol–water partition coefficient (Wildman–Crippen LogP) is 1.56. The Morgan fingerprint density at radius 3 is 3.06 bits per heavy atom. The number of nitrogens with zero attached hydrogens (tertiary/aromatic N) is 1. The van der Waals surface area contributed by atoms with Crippen molar-refractivity contribution in [3.05, 3.63) is 29.3 Å². The number of carbonyl (C=O) groups excluding carboxylic acids is 1. The lowest BCUT2D eigenvalue weighted by Crippen LogP contribution is -2.32. The van der Waals surface area contributed by atoms with E-state index in [9.17, 15) is 4.79 Å². The molecule has 98 valence electrons. The summed E-state index contributed by atoms with van der Waals surface area (Å²) >= 11 is 5.86. The Balaban J connectivity index is 1.82. The lowest BCUT2D eigenvalue weighted by molar-refractivity contribution is -0.117. The topological polar surface area (TPSA) is 58.4 Å². The molecule has 1 atom stereocenters. The van der Waals surface area contributed by atoms with Gasteiger partial charge in [-0.2, -0.15) is 0 Å². The smallest absolute Gasteiger partial charge is 0.238 e. The molecule has 1 saturated heterocycles. The zero-order valence-corrected chi connectivity index (χ0v) is 11.0. The average Bonchev–Trinajstić information content (AvgIpc) is 2.76. The van der Waals surface area contributed by atoms with Crippen LogP contribution in [0.4, 0.5) is 5.69 Å². The number of nitrogens with two attached hydrogens (primary N) is 1. The van der Waals surface area contributed by atoms with Crippen molar-refractivity contribution >= 4 is 23.2 Å². The summed E-state index contributed by atoms with van der Waals surface area (Å²) in [5.41, 5.74) is 6.36. The van der Waals surface area contributed by atoms with E-state index in [1.54, 1.807) is 12.1 Å². The van der Waals surface area contributed by atoms with Gasteiger partial charge in [-0.15, -0.1) is 0 Å². The van der Waals surface area contributed by atoms with E-state index in [0.717, 1.165) is 25.2 Å². The van der Waals surface area contributed by atoms with Crippen LogP contribution in [0.1, 0.15) is 6.42 Å². The number of hydrogen-bond acceptors (Lipinski definition) is 3. The minimum atomic E-state index is -0.00469. The summed E-state index contributed by atoms with van der Waals surface area (Å²) in [5, 5.41) is 3.47. The van der Waals surface area contributed by atoms with Gasteiger partial charge in [-0.25, -0.2) is 0 Å². The van der Waals surface area contributed by atoms with E-state index < -0.39 is 0 Å². The molecular formula is C13H18ClN3O. The molecule has 0 saturated carbocycles. The molecule has 1 amide bonds. The number of anilines is 1. The van der Waals surface area contributed by atoms with Crippen molar-refractivity contribution in [3.63, 3.8) is 0 Å². The molecule has 1 aliphatic rings. The number of hydrogen-bond donors (Lipinski definition) is 2. The Kier molecular flexibility index (Phi) is 4.58. The molecule has 3 N–H and O–H groups in total. The quantitative estimate of drug-likeness (QED) is 0.870. The summed E-state index contributed by atoms with van der Waals surface area (Å²) < 4.78 is 0. The molecule has 18 heavy (non-hydrogen) atoms. The Morgan fingerprint density at radius 1 is 1.56 bits per heavy atom. The summed E-state index contributed by atoms with van der Waals surface area (Å²) in [7, 11) is 0. The monoisotopic (exact) mass is 267 g/mol. The summed E-state index contributed by atoms with van der Waals surface area (Å²) in [5.74, 6) is 0.527. The Bertz CT molecular complexity index is 424. The molecule has 1 unspecified atom stereocenters. The zero-order chi connectivity index (χ0) is 13.0. The molecule has 0 radical (unpaired) electrons. The molecule has 0 bridgehead atoms. The average molecular weight is 268 g/mol. The van der Waals surface area contributed by atoms with E-state index in [4.69, 9.17) is 17.3 Å². The summed E-state index contributed by atoms with van der Waals surface area (Å²) in [4.78, 5) is 14.0. The summed E-state index contributed by atoms with van der Waals surface area (Å²) in [6, 6.07) is 7.17. The molecule has 4 nitrogen and oxygen atoms in total. The summed E-state index contributed by atoms with van der Waals surface area (Å²) in [6.45, 7) is 2.99. The Morgan fingerprint density at radius 2 is 2.39 bits per heavy atom. The number of likely N-dealkylation sites (tertiary alicyclic amines) is 1. The van der Waals surface area contributed by atoms with Gasteiger partial charge < -0.3 is 11.1 Å². The minimum Gasteiger partial charge on any atom is -0.330 e. The first-order valence-electron chi connectivity index (χ1n) is 6.15. The third-order valence-electron chi connectivity index (χ3n) is 3.18. The standard InChI is InChI=1S/C13H18ClN3O/c14-11-2-1-3-12(6-11)16-13(18)9-17-5-4-10(7-15)8-17/h1-3,6,10H,4-5,7-9,15H2,(H,16,18). The largest absolute Gasteiger partial charge is 0.330 e. The van der Waals surface area contributed by atoms with Crippen LogP contribution in [0, 0.1) is 5.92 Å². The molecule has 2 rings (SSSR count). The summed E-state index contributed by atoms with van der Waals surface area (Å²) in [6.07, 6.45) is 1.08. The fourth-order valence-electron chi connectivity index (χ4n) is 2.22. The first-order valence-corrected chi connectivity index (χ1v) is 6.53. The van der Waals surface area contributed by atoms with Crippen LogP contribution in [0.2, 0.25) is 5.02 Å². The van der Waals surface area contributed by atoms with Crippen LogP contribution in [-0.4, -0.2) is 37.0 Å². The molecule has 1 heterocycles. The number of benzene rings is 1. The molecule has 0 aromatic heterocycles. The lowest BCUT2D eigenvalue weighted by Gasteiger charge is -2.15. The van der Waals surface area contributed by atoms with Gasteiger partial charge in [0.15, 0.2) is 0 Å². The van der Waals surface area contributed by atoms with Gasteiger partial charge in [0.2, 0.25) is 5.91 Å². The van der Waals surface area contributed by atoms with Gasteiger partial charge in [-0.05, 0) is 43.6 Å². The van der Waals surface area contributed by atoms with Crippen molar-refractivity contribution < 1.29 is 4.79 Å². The van der Waals surface area contributed by atoms with Gasteiger partial charge in [-0.3, -0.25) is 9.69 Å². The van der Waals surface area contributed by atoms with E-state index in [1.165, 1.54) is 0 Å². The number of halogens is 1. The highest BCUT2D eigenvalue weighted by Gasteiger charge is 2.22. The maximum absolute atomic E-state index is 11.8. The first kappa shape index (κ1) is 13.3. The SMILES string of the molecule is NCC1CCN(CC(=O)Nc2cccc(Cl)c2)C1. The van der Waals surface area contributed by atoms with E-state index in [1.807, 2.05) is 12.1 Å². The second kappa shape index (κ2) is 6.18. The number of carbonyl (C=O) groups is 1. The number of amides is 1. The second-order valence-electron chi connectivity index (χ2n) is 4.68. The minimum absolute atomic E-state index is 0.00469. The van der Waals surface area contributed by atoms with Gasteiger partial charge in [0.25, 0.3) is 0 Å². The molecule has 0 spiro atoms. The molecular weight excluding hydrogens is 250 g/mol. The maximum Gasteiger partial charge on any atom is 0.238 e. The molecule has 5 heteroatoms. The van der Waals surface area contributed by atoms with Crippen LogP contribution >= 0.6 is 11.6 Å². The highest BCUT2D eigenvalue weighted by atomic mass is 35.5. The van der Waals surface area contributed by atoms with Gasteiger partial charge in [0.1, 0.15) is 0 Å². The van der Waals surface area contributed by atoms with E-state index in [-0.39, 0.29) is 5.91 Å². The van der Waals surface area contributed by atoms with Crippen LogP contribution in [0.15, 0.2) is 24.3 Å². The fourth-order valence-corrected chi connectivity index (χ4v) is 2.41. The van der Waals surface area contributed by atoms with Gasteiger partial charge >= 0.3 is 0 Å². The predicted molar refractivity (Wildman–Crippen MR) is 73.7 cm³/mol. The van der Waals surface area contributed by atoms with Crippen LogP contribution in [-0.2, 0) is 4.79 Å². The van der Waals surface area contributed by atoms with Crippen molar-refractivity contribution in [2.24, 2.45) is 11.7 Å². The van der Waals surface area contributed by atoms with E-state index in [0.29, 0.717) is 24.0 Å². The van der Waals surface area contributed by atoms with Crippen molar-refractivity contribution in [1.29, 1.82) is 0 Å². The maximum atomic E-state index is 11.8. The van der Waals surface area contributed by atoms with Crippen LogP contribution in [0.25, 0.3) is 0 Å². The van der Waals surface area contributed by atoms with Crippen molar-refractivity contribution in [3.8, 4) is 0 Å².